The molecule has 0 radical (unpaired) electrons. The Morgan fingerprint density at radius 3 is 2.84 bits per heavy atom. The van der Waals surface area contributed by atoms with Crippen LogP contribution in [-0.2, 0) is 0 Å². The molecule has 0 unspecified atom stereocenters. The number of aromatic nitrogens is 1. The van der Waals surface area contributed by atoms with Crippen LogP contribution in [0.3, 0.4) is 0 Å². The van der Waals surface area contributed by atoms with Crippen molar-refractivity contribution in [3.05, 3.63) is 40.2 Å². The van der Waals surface area contributed by atoms with Gasteiger partial charge in [-0.15, -0.1) is 11.3 Å². The molecule has 2 rings (SSSR count). The van der Waals surface area contributed by atoms with Gasteiger partial charge in [0.05, 0.1) is 24.0 Å². The summed E-state index contributed by atoms with van der Waals surface area (Å²) in [7, 11) is 0. The lowest BCUT2D eigenvalue weighted by Crippen LogP contribution is -2.28. The molecule has 0 aliphatic heterocycles. The fourth-order valence-corrected chi connectivity index (χ4v) is 2.27. The van der Waals surface area contributed by atoms with E-state index in [1.807, 2.05) is 13.8 Å². The van der Waals surface area contributed by atoms with E-state index in [9.17, 15) is 9.59 Å². The number of rotatable bonds is 5. The van der Waals surface area contributed by atoms with Crippen LogP contribution >= 0.6 is 11.3 Å². The third kappa shape index (κ3) is 3.29. The maximum Gasteiger partial charge on any atom is 0.263 e. The molecule has 0 atom stereocenters. The Hall–Kier alpha value is -1.95. The first-order valence-corrected chi connectivity index (χ1v) is 6.70. The van der Waals surface area contributed by atoms with Crippen molar-refractivity contribution in [3.8, 4) is 0 Å². The smallest absolute Gasteiger partial charge is 0.263 e. The highest BCUT2D eigenvalue weighted by Crippen LogP contribution is 2.20. The van der Waals surface area contributed by atoms with Gasteiger partial charge in [-0.05, 0) is 12.1 Å². The Balaban J connectivity index is 1.92. The lowest BCUT2D eigenvalue weighted by Gasteiger charge is -2.00. The maximum atomic E-state index is 11.8. The van der Waals surface area contributed by atoms with E-state index in [0.29, 0.717) is 4.88 Å². The van der Waals surface area contributed by atoms with Gasteiger partial charge in [0, 0.05) is 5.92 Å². The molecule has 1 amide bonds. The minimum Gasteiger partial charge on any atom is -0.461 e. The van der Waals surface area contributed by atoms with E-state index in [-0.39, 0.29) is 29.9 Å². The van der Waals surface area contributed by atoms with Crippen molar-refractivity contribution in [3.63, 3.8) is 0 Å². The normalized spacial score (nSPS) is 10.7. The number of hydrogen-bond acceptors (Lipinski definition) is 5. The standard InChI is InChI=1S/C13H14N2O3S/c1-8(2)13-15-7-11(19-13)12(17)14-6-9(16)10-4-3-5-18-10/h3-5,7-8H,6H2,1-2H3,(H,14,17). The van der Waals surface area contributed by atoms with E-state index in [0.717, 1.165) is 5.01 Å². The third-order valence-electron chi connectivity index (χ3n) is 2.45. The Labute approximate surface area is 114 Å². The summed E-state index contributed by atoms with van der Waals surface area (Å²) in [5.41, 5.74) is 0. The number of furan rings is 1. The fourth-order valence-electron chi connectivity index (χ4n) is 1.43. The van der Waals surface area contributed by atoms with E-state index in [2.05, 4.69) is 10.3 Å². The molecule has 0 bridgehead atoms. The number of thiazole rings is 1. The predicted octanol–water partition coefficient (Wildman–Crippen LogP) is 2.47. The molecule has 0 spiro atoms. The van der Waals surface area contributed by atoms with Crippen LogP contribution in [0.4, 0.5) is 0 Å². The van der Waals surface area contributed by atoms with Gasteiger partial charge in [-0.2, -0.15) is 0 Å². The lowest BCUT2D eigenvalue weighted by molar-refractivity contribution is 0.0894. The fraction of sp³-hybridized carbons (Fsp3) is 0.308. The van der Waals surface area contributed by atoms with Crippen molar-refractivity contribution < 1.29 is 14.0 Å². The molecule has 2 aromatic rings. The van der Waals surface area contributed by atoms with Crippen LogP contribution in [0.2, 0.25) is 0 Å². The highest BCUT2D eigenvalue weighted by atomic mass is 32.1. The summed E-state index contributed by atoms with van der Waals surface area (Å²) in [6.45, 7) is 3.95. The number of hydrogen-bond donors (Lipinski definition) is 1. The van der Waals surface area contributed by atoms with Crippen LogP contribution in [0.15, 0.2) is 29.0 Å². The second kappa shape index (κ2) is 5.79. The summed E-state index contributed by atoms with van der Waals surface area (Å²) < 4.78 is 4.96. The molecule has 0 aliphatic carbocycles. The third-order valence-corrected chi connectivity index (χ3v) is 3.74. The first-order chi connectivity index (χ1) is 9.08. The second-order valence-electron chi connectivity index (χ2n) is 4.30. The van der Waals surface area contributed by atoms with E-state index < -0.39 is 0 Å². The van der Waals surface area contributed by atoms with Gasteiger partial charge in [0.2, 0.25) is 5.78 Å². The van der Waals surface area contributed by atoms with Gasteiger partial charge >= 0.3 is 0 Å². The average molecular weight is 278 g/mol. The van der Waals surface area contributed by atoms with Gasteiger partial charge in [0.25, 0.3) is 5.91 Å². The number of nitrogens with zero attached hydrogens (tertiary/aromatic N) is 1. The van der Waals surface area contributed by atoms with Gasteiger partial charge in [0.15, 0.2) is 5.76 Å². The molecule has 0 saturated heterocycles. The van der Waals surface area contributed by atoms with Crippen molar-refractivity contribution in [2.24, 2.45) is 0 Å². The summed E-state index contributed by atoms with van der Waals surface area (Å²) >= 11 is 1.34. The molecule has 0 saturated carbocycles. The molecular weight excluding hydrogens is 264 g/mol. The van der Waals surface area contributed by atoms with Gasteiger partial charge in [-0.1, -0.05) is 13.8 Å². The Morgan fingerprint density at radius 2 is 2.26 bits per heavy atom. The highest BCUT2D eigenvalue weighted by molar-refractivity contribution is 7.13. The maximum absolute atomic E-state index is 11.8. The van der Waals surface area contributed by atoms with Crippen molar-refractivity contribution >= 4 is 23.0 Å². The Bertz CT molecular complexity index is 572. The largest absolute Gasteiger partial charge is 0.461 e. The lowest BCUT2D eigenvalue weighted by atomic mass is 10.2. The Kier molecular flexibility index (Phi) is 4.11. The number of nitrogens with one attached hydrogen (secondary N) is 1. The van der Waals surface area contributed by atoms with Crippen LogP contribution in [0, 0.1) is 0 Å². The minimum absolute atomic E-state index is 0.0821. The molecule has 100 valence electrons. The van der Waals surface area contributed by atoms with Crippen LogP contribution < -0.4 is 5.32 Å². The summed E-state index contributed by atoms with van der Waals surface area (Å²) in [6.07, 6.45) is 2.96. The number of Topliss-reactive ketones (excluding diaryl/α,β-unsaturated/α-hetero) is 1. The van der Waals surface area contributed by atoms with E-state index in [1.54, 1.807) is 12.1 Å². The van der Waals surface area contributed by atoms with Crippen LogP contribution in [0.5, 0.6) is 0 Å². The second-order valence-corrected chi connectivity index (χ2v) is 5.36. The van der Waals surface area contributed by atoms with Crippen LogP contribution in [0.1, 0.15) is 45.0 Å². The molecule has 1 N–H and O–H groups in total. The van der Waals surface area contributed by atoms with Gasteiger partial charge in [-0.3, -0.25) is 9.59 Å². The van der Waals surface area contributed by atoms with Gasteiger partial charge in [-0.25, -0.2) is 4.98 Å². The van der Waals surface area contributed by atoms with Crippen molar-refractivity contribution in [2.45, 2.75) is 19.8 Å². The quantitative estimate of drug-likeness (QED) is 0.853. The minimum atomic E-state index is -0.288. The molecule has 0 aliphatic rings. The molecule has 5 nitrogen and oxygen atoms in total. The zero-order valence-electron chi connectivity index (χ0n) is 10.7. The van der Waals surface area contributed by atoms with E-state index >= 15 is 0 Å². The predicted molar refractivity (Wildman–Crippen MR) is 71.6 cm³/mol. The SMILES string of the molecule is CC(C)c1ncc(C(=O)NCC(=O)c2ccco2)s1. The molecule has 0 fully saturated rings. The monoisotopic (exact) mass is 278 g/mol. The number of carbonyl (C=O) groups excluding carboxylic acids is 2. The Morgan fingerprint density at radius 1 is 1.47 bits per heavy atom. The van der Waals surface area contributed by atoms with Crippen LogP contribution in [-0.4, -0.2) is 23.2 Å². The summed E-state index contributed by atoms with van der Waals surface area (Å²) in [5, 5.41) is 3.47. The molecule has 19 heavy (non-hydrogen) atoms. The summed E-state index contributed by atoms with van der Waals surface area (Å²) in [6, 6.07) is 3.20. The molecule has 6 heteroatoms. The topological polar surface area (TPSA) is 72.2 Å². The van der Waals surface area contributed by atoms with Crippen LogP contribution in [0.25, 0.3) is 0 Å². The van der Waals surface area contributed by atoms with Gasteiger partial charge < -0.3 is 9.73 Å². The first kappa shape index (κ1) is 13.5. The van der Waals surface area contributed by atoms with E-state index in [1.165, 1.54) is 23.8 Å². The van der Waals surface area contributed by atoms with Gasteiger partial charge in [0.1, 0.15) is 4.88 Å². The zero-order chi connectivity index (χ0) is 13.8. The summed E-state index contributed by atoms with van der Waals surface area (Å²) in [4.78, 5) is 28.1. The van der Waals surface area contributed by atoms with Crippen molar-refractivity contribution in [1.29, 1.82) is 0 Å². The summed E-state index contributed by atoms with van der Waals surface area (Å²) in [5.74, 6) is -0.0139. The highest BCUT2D eigenvalue weighted by Gasteiger charge is 2.14. The molecule has 2 heterocycles. The van der Waals surface area contributed by atoms with Crippen molar-refractivity contribution in [2.75, 3.05) is 6.54 Å². The average Bonchev–Trinajstić information content (AvgIpc) is 3.05. The number of amides is 1. The van der Waals surface area contributed by atoms with Crippen molar-refractivity contribution in [1.82, 2.24) is 10.3 Å². The van der Waals surface area contributed by atoms with E-state index in [4.69, 9.17) is 4.42 Å². The molecule has 2 aromatic heterocycles. The molecular formula is C13H14N2O3S. The number of ketones is 1. The molecule has 0 aromatic carbocycles. The zero-order valence-corrected chi connectivity index (χ0v) is 11.5. The first-order valence-electron chi connectivity index (χ1n) is 5.88. The number of carbonyl (C=O) groups is 2.